The van der Waals surface area contributed by atoms with Crippen LogP contribution >= 0.6 is 23.1 Å². The van der Waals surface area contributed by atoms with E-state index in [1.54, 1.807) is 0 Å². The summed E-state index contributed by atoms with van der Waals surface area (Å²) in [6.45, 7) is 2.07. The van der Waals surface area contributed by atoms with Gasteiger partial charge in [0.2, 0.25) is 16.9 Å². The number of furan rings is 2. The Kier molecular flexibility index (Phi) is 7.75. The summed E-state index contributed by atoms with van der Waals surface area (Å²) in [6, 6.07) is 19.1. The van der Waals surface area contributed by atoms with Gasteiger partial charge in [-0.05, 0) is 50.5 Å². The summed E-state index contributed by atoms with van der Waals surface area (Å²) in [5, 5.41) is 22.2. The number of rotatable bonds is 10. The quantitative estimate of drug-likeness (QED) is 0.179. The van der Waals surface area contributed by atoms with Gasteiger partial charge < -0.3 is 19.5 Å². The molecule has 4 heterocycles. The number of benzene rings is 2. The molecule has 1 atom stereocenters. The lowest BCUT2D eigenvalue weighted by Crippen LogP contribution is -2.33. The minimum Gasteiger partial charge on any atom is -0.461 e. The number of hydrogen-bond donors (Lipinski definition) is 3. The van der Waals surface area contributed by atoms with Crippen molar-refractivity contribution in [3.05, 3.63) is 77.2 Å². The Labute approximate surface area is 244 Å². The summed E-state index contributed by atoms with van der Waals surface area (Å²) in [6.07, 6.45) is 3.74. The topological polar surface area (TPSA) is 135 Å². The van der Waals surface area contributed by atoms with Crippen molar-refractivity contribution >= 4 is 67.2 Å². The van der Waals surface area contributed by atoms with E-state index in [-0.39, 0.29) is 29.5 Å². The van der Waals surface area contributed by atoms with Crippen molar-refractivity contribution in [3.8, 4) is 0 Å². The number of amides is 2. The Bertz CT molecular complexity index is 1680. The summed E-state index contributed by atoms with van der Waals surface area (Å²) in [4.78, 5) is 24.7. The third-order valence-corrected chi connectivity index (χ3v) is 8.62. The molecule has 210 valence electrons. The summed E-state index contributed by atoms with van der Waals surface area (Å²) >= 11 is 2.90. The zero-order valence-corrected chi connectivity index (χ0v) is 23.9. The Morgan fingerprint density at radius 3 is 2.17 bits per heavy atom. The van der Waals surface area contributed by atoms with Crippen LogP contribution in [0.1, 0.15) is 42.7 Å². The van der Waals surface area contributed by atoms with Gasteiger partial charge in [-0.2, -0.15) is 5.10 Å². The van der Waals surface area contributed by atoms with Crippen molar-refractivity contribution in [2.45, 2.75) is 50.3 Å². The molecule has 0 saturated heterocycles. The van der Waals surface area contributed by atoms with Crippen LogP contribution in [-0.2, 0) is 28.9 Å². The van der Waals surface area contributed by atoms with Crippen molar-refractivity contribution in [3.63, 3.8) is 0 Å². The average molecular weight is 589 g/mol. The SMILES string of the molecule is CC1(CCCCc2nnc(NC(=O)Cc3cc4ccccc4o3)s2)NN=C(NC(=O)Cc2cc3ccccc3o2)S1. The van der Waals surface area contributed by atoms with Gasteiger partial charge in [0.1, 0.15) is 32.6 Å². The number of nitrogens with one attached hydrogen (secondary N) is 3. The molecule has 0 fully saturated rings. The van der Waals surface area contributed by atoms with E-state index in [1.165, 1.54) is 23.1 Å². The molecule has 0 radical (unpaired) electrons. The molecule has 5 aromatic rings. The average Bonchev–Trinajstić information content (AvgIpc) is 3.72. The number of carbonyl (C=O) groups excluding carboxylic acids is 2. The summed E-state index contributed by atoms with van der Waals surface area (Å²) in [7, 11) is 0. The monoisotopic (exact) mass is 588 g/mol. The predicted molar refractivity (Wildman–Crippen MR) is 161 cm³/mol. The zero-order valence-electron chi connectivity index (χ0n) is 22.3. The first-order valence-electron chi connectivity index (χ1n) is 13.3. The number of anilines is 1. The molecule has 3 N–H and O–H groups in total. The van der Waals surface area contributed by atoms with Gasteiger partial charge in [-0.1, -0.05) is 59.5 Å². The van der Waals surface area contributed by atoms with E-state index < -0.39 is 0 Å². The normalized spacial score (nSPS) is 16.6. The van der Waals surface area contributed by atoms with Crippen LogP contribution in [-0.4, -0.2) is 32.1 Å². The number of nitrogens with zero attached hydrogens (tertiary/aromatic N) is 3. The smallest absolute Gasteiger partial charge is 0.233 e. The van der Waals surface area contributed by atoms with Gasteiger partial charge in [0.25, 0.3) is 0 Å². The third-order valence-electron chi connectivity index (χ3n) is 6.59. The molecule has 12 heteroatoms. The number of para-hydroxylation sites is 2. The minimum atomic E-state index is -0.307. The molecular formula is C29H28N6O4S2. The molecule has 2 amide bonds. The highest BCUT2D eigenvalue weighted by Crippen LogP contribution is 2.33. The first kappa shape index (κ1) is 27.0. The molecule has 1 aliphatic rings. The lowest BCUT2D eigenvalue weighted by atomic mass is 10.1. The first-order valence-corrected chi connectivity index (χ1v) is 14.9. The summed E-state index contributed by atoms with van der Waals surface area (Å²) in [5.74, 6) is 0.870. The van der Waals surface area contributed by atoms with Gasteiger partial charge in [0.15, 0.2) is 5.17 Å². The molecule has 10 nitrogen and oxygen atoms in total. The van der Waals surface area contributed by atoms with Gasteiger partial charge in [-0.15, -0.1) is 10.2 Å². The lowest BCUT2D eigenvalue weighted by molar-refractivity contribution is -0.119. The fraction of sp³-hybridized carbons (Fsp3) is 0.276. The largest absolute Gasteiger partial charge is 0.461 e. The second-order valence-corrected chi connectivity index (χ2v) is 12.6. The van der Waals surface area contributed by atoms with E-state index in [0.717, 1.165) is 52.6 Å². The van der Waals surface area contributed by atoms with E-state index in [2.05, 4.69) is 38.3 Å². The maximum atomic E-state index is 12.5. The number of hydrazone groups is 1. The van der Waals surface area contributed by atoms with Gasteiger partial charge in [0.05, 0.1) is 12.8 Å². The third kappa shape index (κ3) is 6.77. The second kappa shape index (κ2) is 11.8. The maximum Gasteiger partial charge on any atom is 0.233 e. The molecular weight excluding hydrogens is 560 g/mol. The van der Waals surface area contributed by atoms with Gasteiger partial charge in [-0.25, -0.2) is 0 Å². The highest BCUT2D eigenvalue weighted by Gasteiger charge is 2.32. The zero-order chi connectivity index (χ0) is 28.2. The van der Waals surface area contributed by atoms with Crippen LogP contribution < -0.4 is 16.1 Å². The van der Waals surface area contributed by atoms with E-state index in [9.17, 15) is 9.59 Å². The van der Waals surface area contributed by atoms with E-state index in [0.29, 0.717) is 21.8 Å². The highest BCUT2D eigenvalue weighted by molar-refractivity contribution is 8.15. The van der Waals surface area contributed by atoms with Gasteiger partial charge >= 0.3 is 0 Å². The van der Waals surface area contributed by atoms with E-state index in [4.69, 9.17) is 8.83 Å². The Morgan fingerprint density at radius 1 is 0.878 bits per heavy atom. The van der Waals surface area contributed by atoms with Gasteiger partial charge in [0, 0.05) is 17.2 Å². The van der Waals surface area contributed by atoms with Crippen LogP contribution in [0.25, 0.3) is 21.9 Å². The second-order valence-electron chi connectivity index (χ2n) is 10.0. The molecule has 0 saturated carbocycles. The predicted octanol–water partition coefficient (Wildman–Crippen LogP) is 5.61. The molecule has 1 unspecified atom stereocenters. The molecule has 0 bridgehead atoms. The number of hydrogen-bond acceptors (Lipinski definition) is 10. The number of aryl methyl sites for hydroxylation is 1. The van der Waals surface area contributed by atoms with Crippen LogP contribution in [0.2, 0.25) is 0 Å². The number of thioether (sulfide) groups is 1. The van der Waals surface area contributed by atoms with Crippen LogP contribution in [0.15, 0.2) is 74.6 Å². The molecule has 1 aliphatic heterocycles. The number of carbonyl (C=O) groups is 2. The first-order chi connectivity index (χ1) is 19.9. The number of amidine groups is 1. The standard InChI is InChI=1S/C29H28N6O4S2/c1-29(35-34-28(41-29)31-25(37)17-21-15-19-9-3-5-11-23(19)39-21)13-7-6-12-26-32-33-27(40-26)30-24(36)16-20-14-18-8-2-4-10-22(18)38-20/h2-5,8-11,14-15,35H,6-7,12-13,16-17H2,1H3,(H,30,33,36)(H,31,34,37). The van der Waals surface area contributed by atoms with E-state index >= 15 is 0 Å². The van der Waals surface area contributed by atoms with Crippen LogP contribution in [0, 0.1) is 0 Å². The Hall–Kier alpha value is -4.16. The van der Waals surface area contributed by atoms with Crippen LogP contribution in [0.5, 0.6) is 0 Å². The maximum absolute atomic E-state index is 12.5. The van der Waals surface area contributed by atoms with E-state index in [1.807, 2.05) is 60.7 Å². The molecule has 0 aliphatic carbocycles. The van der Waals surface area contributed by atoms with Crippen LogP contribution in [0.4, 0.5) is 5.13 Å². The number of fused-ring (bicyclic) bond motifs is 2. The lowest BCUT2D eigenvalue weighted by Gasteiger charge is -2.22. The fourth-order valence-electron chi connectivity index (χ4n) is 4.62. The minimum absolute atomic E-state index is 0.136. The molecule has 6 rings (SSSR count). The van der Waals surface area contributed by atoms with Gasteiger partial charge in [-0.3, -0.25) is 15.0 Å². The van der Waals surface area contributed by atoms with Crippen molar-refractivity contribution in [1.82, 2.24) is 20.9 Å². The Balaban J connectivity index is 0.901. The number of aromatic nitrogens is 2. The molecule has 3 aromatic heterocycles. The fourth-order valence-corrected chi connectivity index (χ4v) is 6.44. The number of unbranched alkanes of at least 4 members (excludes halogenated alkanes) is 1. The van der Waals surface area contributed by atoms with Crippen molar-refractivity contribution in [2.75, 3.05) is 5.32 Å². The van der Waals surface area contributed by atoms with Crippen molar-refractivity contribution < 1.29 is 18.4 Å². The summed E-state index contributed by atoms with van der Waals surface area (Å²) in [5.41, 5.74) is 4.69. The Morgan fingerprint density at radius 2 is 1.51 bits per heavy atom. The van der Waals surface area contributed by atoms with Crippen molar-refractivity contribution in [2.24, 2.45) is 5.10 Å². The molecule has 2 aromatic carbocycles. The molecule has 0 spiro atoms. The van der Waals surface area contributed by atoms with Crippen molar-refractivity contribution in [1.29, 1.82) is 0 Å². The highest BCUT2D eigenvalue weighted by atomic mass is 32.2. The molecule has 41 heavy (non-hydrogen) atoms. The summed E-state index contributed by atoms with van der Waals surface area (Å²) < 4.78 is 11.5. The van der Waals surface area contributed by atoms with Crippen LogP contribution in [0.3, 0.4) is 0 Å².